The second kappa shape index (κ2) is 14.4. The monoisotopic (exact) mass is 455 g/mol. The zero-order valence-electron chi connectivity index (χ0n) is 20.8. The van der Waals surface area contributed by atoms with E-state index in [2.05, 4.69) is 6.92 Å². The first-order valence-electron chi connectivity index (χ1n) is 13.7. The summed E-state index contributed by atoms with van der Waals surface area (Å²) in [6, 6.07) is 10.2. The van der Waals surface area contributed by atoms with Gasteiger partial charge in [0.25, 0.3) is 0 Å². The van der Waals surface area contributed by atoms with Crippen LogP contribution in [0, 0.1) is 5.92 Å². The summed E-state index contributed by atoms with van der Waals surface area (Å²) in [6.45, 7) is 2.58. The fourth-order valence-corrected chi connectivity index (χ4v) is 5.73. The van der Waals surface area contributed by atoms with E-state index in [1.165, 1.54) is 57.8 Å². The molecule has 0 aromatic heterocycles. The van der Waals surface area contributed by atoms with Gasteiger partial charge in [-0.15, -0.1) is 0 Å². The van der Waals surface area contributed by atoms with Crippen LogP contribution in [-0.2, 0) is 16.1 Å². The van der Waals surface area contributed by atoms with Gasteiger partial charge in [-0.1, -0.05) is 95.0 Å². The Balaban J connectivity index is 1.34. The van der Waals surface area contributed by atoms with Gasteiger partial charge in [0.05, 0.1) is 0 Å². The van der Waals surface area contributed by atoms with Crippen molar-refractivity contribution in [1.29, 1.82) is 0 Å². The van der Waals surface area contributed by atoms with E-state index in [-0.39, 0.29) is 24.1 Å². The second-order valence-corrected chi connectivity index (χ2v) is 10.3. The van der Waals surface area contributed by atoms with Crippen LogP contribution in [0.25, 0.3) is 0 Å². The van der Waals surface area contributed by atoms with Gasteiger partial charge in [0, 0.05) is 24.4 Å². The highest BCUT2D eigenvalue weighted by atomic mass is 16.6. The van der Waals surface area contributed by atoms with E-state index < -0.39 is 0 Å². The zero-order chi connectivity index (χ0) is 23.3. The number of fused-ring (bicyclic) bond motifs is 2. The summed E-state index contributed by atoms with van der Waals surface area (Å²) < 4.78 is 5.64. The molecule has 4 heteroatoms. The normalized spacial score (nSPS) is 22.2. The molecule has 0 aliphatic carbocycles. The average Bonchev–Trinajstić information content (AvgIpc) is 2.83. The number of carbonyl (C=O) groups excluding carboxylic acids is 2. The van der Waals surface area contributed by atoms with E-state index >= 15 is 0 Å². The fraction of sp³-hybridized carbons (Fsp3) is 0.724. The molecule has 2 fully saturated rings. The molecule has 4 nitrogen and oxygen atoms in total. The van der Waals surface area contributed by atoms with Crippen molar-refractivity contribution in [2.24, 2.45) is 5.92 Å². The number of hydrogen-bond acceptors (Lipinski definition) is 3. The number of hydrogen-bond donors (Lipinski definition) is 0. The summed E-state index contributed by atoms with van der Waals surface area (Å²) in [4.78, 5) is 27.7. The van der Waals surface area contributed by atoms with Crippen molar-refractivity contribution in [3.8, 4) is 0 Å². The largest absolute Gasteiger partial charge is 0.445 e. The van der Waals surface area contributed by atoms with Gasteiger partial charge in [0.15, 0.2) is 0 Å². The molecule has 2 unspecified atom stereocenters. The first-order chi connectivity index (χ1) is 16.2. The maximum atomic E-state index is 12.9. The van der Waals surface area contributed by atoms with Crippen molar-refractivity contribution in [3.63, 3.8) is 0 Å². The third kappa shape index (κ3) is 8.46. The molecule has 2 aliphatic heterocycles. The first kappa shape index (κ1) is 25.8. The van der Waals surface area contributed by atoms with E-state index in [4.69, 9.17) is 4.74 Å². The number of carbonyl (C=O) groups is 2. The highest BCUT2D eigenvalue weighted by Crippen LogP contribution is 2.38. The minimum atomic E-state index is -0.200. The van der Waals surface area contributed by atoms with Gasteiger partial charge in [-0.2, -0.15) is 0 Å². The lowest BCUT2D eigenvalue weighted by molar-refractivity contribution is -0.126. The van der Waals surface area contributed by atoms with Crippen LogP contribution in [0.1, 0.15) is 115 Å². The van der Waals surface area contributed by atoms with E-state index in [1.54, 1.807) is 0 Å². The maximum Gasteiger partial charge on any atom is 0.410 e. The summed E-state index contributed by atoms with van der Waals surface area (Å²) >= 11 is 0. The number of nitrogens with zero attached hydrogens (tertiary/aromatic N) is 1. The minimum Gasteiger partial charge on any atom is -0.445 e. The van der Waals surface area contributed by atoms with Crippen LogP contribution in [0.5, 0.6) is 0 Å². The molecule has 1 aromatic carbocycles. The van der Waals surface area contributed by atoms with Crippen LogP contribution in [0.4, 0.5) is 4.79 Å². The number of amides is 1. The van der Waals surface area contributed by atoms with Gasteiger partial charge in [-0.3, -0.25) is 4.79 Å². The smallest absolute Gasteiger partial charge is 0.410 e. The predicted octanol–water partition coefficient (Wildman–Crippen LogP) is 7.84. The van der Waals surface area contributed by atoms with Crippen molar-refractivity contribution in [1.82, 2.24) is 4.90 Å². The Labute approximate surface area is 201 Å². The molecule has 2 saturated heterocycles. The third-order valence-electron chi connectivity index (χ3n) is 7.62. The molecule has 2 bridgehead atoms. The van der Waals surface area contributed by atoms with E-state index in [1.807, 2.05) is 35.2 Å². The van der Waals surface area contributed by atoms with Gasteiger partial charge in [0.2, 0.25) is 0 Å². The van der Waals surface area contributed by atoms with Crippen molar-refractivity contribution in [2.75, 3.05) is 0 Å². The molecule has 184 valence electrons. The number of ether oxygens (including phenoxy) is 1. The van der Waals surface area contributed by atoms with Gasteiger partial charge >= 0.3 is 6.09 Å². The first-order valence-corrected chi connectivity index (χ1v) is 13.7. The predicted molar refractivity (Wildman–Crippen MR) is 134 cm³/mol. The van der Waals surface area contributed by atoms with Crippen LogP contribution < -0.4 is 0 Å². The van der Waals surface area contributed by atoms with Crippen molar-refractivity contribution in [3.05, 3.63) is 35.9 Å². The van der Waals surface area contributed by atoms with E-state index in [0.29, 0.717) is 12.4 Å². The molecule has 1 amide bonds. The second-order valence-electron chi connectivity index (χ2n) is 10.3. The Morgan fingerprint density at radius 2 is 1.42 bits per heavy atom. The van der Waals surface area contributed by atoms with Crippen molar-refractivity contribution in [2.45, 2.75) is 128 Å². The molecule has 2 aliphatic rings. The molecule has 0 N–H and O–H groups in total. The van der Waals surface area contributed by atoms with Gasteiger partial charge in [-0.25, -0.2) is 4.79 Å². The Morgan fingerprint density at radius 1 is 0.848 bits per heavy atom. The lowest BCUT2D eigenvalue weighted by Gasteiger charge is -2.47. The third-order valence-corrected chi connectivity index (χ3v) is 7.62. The number of Topliss-reactive ketones (excluding diaryl/α,β-unsaturated/α-hetero) is 1. The Kier molecular flexibility index (Phi) is 11.3. The molecule has 0 saturated carbocycles. The Hall–Kier alpha value is -1.84. The number of unbranched alkanes of at least 4 members (excludes halogenated alkanes) is 9. The van der Waals surface area contributed by atoms with Crippen LogP contribution in [0.3, 0.4) is 0 Å². The van der Waals surface area contributed by atoms with Crippen LogP contribution >= 0.6 is 0 Å². The molecule has 3 rings (SSSR count). The van der Waals surface area contributed by atoms with Crippen molar-refractivity contribution < 1.29 is 14.3 Å². The molecule has 2 heterocycles. The number of rotatable bonds is 14. The lowest BCUT2D eigenvalue weighted by Crippen LogP contribution is -2.55. The SMILES string of the molecule is CCCCCCCCCCCCC(=O)C1CC2CCCC(C1)N2C(=O)OCc1ccccc1. The van der Waals surface area contributed by atoms with Gasteiger partial charge in [-0.05, 0) is 44.1 Å². The molecular weight excluding hydrogens is 410 g/mol. The average molecular weight is 456 g/mol. The molecular formula is C29H45NO3. The van der Waals surface area contributed by atoms with Crippen molar-refractivity contribution >= 4 is 11.9 Å². The number of piperidine rings is 2. The summed E-state index contributed by atoms with van der Waals surface area (Å²) in [5.74, 6) is 0.570. The molecule has 0 spiro atoms. The quantitative estimate of drug-likeness (QED) is 0.268. The zero-order valence-corrected chi connectivity index (χ0v) is 20.8. The van der Waals surface area contributed by atoms with Crippen LogP contribution in [-0.4, -0.2) is 28.9 Å². The maximum absolute atomic E-state index is 12.9. The minimum absolute atomic E-state index is 0.136. The number of benzene rings is 1. The fourth-order valence-electron chi connectivity index (χ4n) is 5.73. The summed E-state index contributed by atoms with van der Waals surface area (Å²) in [5, 5.41) is 0. The standard InChI is InChI=1S/C29H45NO3/c1-2-3-4-5-6-7-8-9-10-14-20-28(31)25-21-26-18-15-19-27(22-25)30(26)29(32)33-23-24-16-12-11-13-17-24/h11-13,16-17,25-27H,2-10,14-15,18-23H2,1H3. The lowest BCUT2D eigenvalue weighted by atomic mass is 9.76. The number of ketones is 1. The summed E-state index contributed by atoms with van der Waals surface area (Å²) in [6.07, 6.45) is 18.3. The Morgan fingerprint density at radius 3 is 2.03 bits per heavy atom. The molecule has 0 radical (unpaired) electrons. The molecule has 1 aromatic rings. The van der Waals surface area contributed by atoms with Crippen LogP contribution in [0.15, 0.2) is 30.3 Å². The Bertz CT molecular complexity index is 690. The topological polar surface area (TPSA) is 46.6 Å². The summed E-state index contributed by atoms with van der Waals surface area (Å²) in [7, 11) is 0. The van der Waals surface area contributed by atoms with Gasteiger partial charge < -0.3 is 9.64 Å². The molecule has 2 atom stereocenters. The van der Waals surface area contributed by atoms with E-state index in [0.717, 1.165) is 50.5 Å². The highest BCUT2D eigenvalue weighted by Gasteiger charge is 2.43. The molecule has 33 heavy (non-hydrogen) atoms. The van der Waals surface area contributed by atoms with Crippen LogP contribution in [0.2, 0.25) is 0 Å². The van der Waals surface area contributed by atoms with E-state index in [9.17, 15) is 9.59 Å². The van der Waals surface area contributed by atoms with Gasteiger partial charge in [0.1, 0.15) is 12.4 Å². The highest BCUT2D eigenvalue weighted by molar-refractivity contribution is 5.81. The summed E-state index contributed by atoms with van der Waals surface area (Å²) in [5.41, 5.74) is 1.01.